The Morgan fingerprint density at radius 1 is 1.17 bits per heavy atom. The second-order valence-electron chi connectivity index (χ2n) is 9.28. The van der Waals surface area contributed by atoms with Gasteiger partial charge >= 0.3 is 6.03 Å². The van der Waals surface area contributed by atoms with Gasteiger partial charge in [-0.25, -0.2) is 4.79 Å². The van der Waals surface area contributed by atoms with E-state index >= 15 is 0 Å². The van der Waals surface area contributed by atoms with Gasteiger partial charge in [0.05, 0.1) is 0 Å². The molecule has 0 radical (unpaired) electrons. The summed E-state index contributed by atoms with van der Waals surface area (Å²) in [5.74, 6) is 2.75. The number of nitrogens with zero attached hydrogens (tertiary/aromatic N) is 2. The summed E-state index contributed by atoms with van der Waals surface area (Å²) in [4.78, 5) is 18.6. The topological polar surface area (TPSA) is 45.2 Å². The largest absolute Gasteiger partial charge is 0.338 e. The number of aryl methyl sites for hydroxylation is 1. The summed E-state index contributed by atoms with van der Waals surface area (Å²) < 4.78 is 0. The van der Waals surface area contributed by atoms with Crippen molar-refractivity contribution < 1.29 is 4.79 Å². The smallest absolute Gasteiger partial charge is 0.317 e. The van der Waals surface area contributed by atoms with Gasteiger partial charge in [-0.1, -0.05) is 25.5 Å². The van der Waals surface area contributed by atoms with Crippen LogP contribution >= 0.6 is 0 Å². The van der Waals surface area contributed by atoms with Gasteiger partial charge in [-0.15, -0.1) is 0 Å². The SMILES string of the molecule is CCCN(CCC=C1CC2CC(C)CC(C1)C2)C(=O)NCCCc1ccncc1. The molecule has 1 N–H and O–H groups in total. The summed E-state index contributed by atoms with van der Waals surface area (Å²) in [6, 6.07) is 4.17. The van der Waals surface area contributed by atoms with E-state index in [0.717, 1.165) is 63.1 Å². The molecule has 160 valence electrons. The molecular formula is C25H39N3O. The number of hydrogen-bond donors (Lipinski definition) is 1. The number of carbonyl (C=O) groups is 1. The van der Waals surface area contributed by atoms with Crippen molar-refractivity contribution in [2.75, 3.05) is 19.6 Å². The van der Waals surface area contributed by atoms with Crippen molar-refractivity contribution in [3.05, 3.63) is 41.7 Å². The molecule has 2 aliphatic carbocycles. The van der Waals surface area contributed by atoms with Crippen LogP contribution in [-0.4, -0.2) is 35.5 Å². The number of rotatable bonds is 9. The van der Waals surface area contributed by atoms with Crippen LogP contribution in [0.4, 0.5) is 4.79 Å². The maximum absolute atomic E-state index is 12.6. The number of allylic oxidation sites excluding steroid dienone is 1. The fourth-order valence-corrected chi connectivity index (χ4v) is 5.38. The second-order valence-corrected chi connectivity index (χ2v) is 9.28. The molecule has 2 bridgehead atoms. The first-order valence-corrected chi connectivity index (χ1v) is 11.7. The number of pyridine rings is 1. The lowest BCUT2D eigenvalue weighted by Gasteiger charge is -2.39. The minimum atomic E-state index is 0.0920. The molecule has 4 nitrogen and oxygen atoms in total. The Kier molecular flexibility index (Phi) is 8.57. The summed E-state index contributed by atoms with van der Waals surface area (Å²) in [6.07, 6.45) is 16.9. The highest BCUT2D eigenvalue weighted by molar-refractivity contribution is 5.74. The predicted octanol–water partition coefficient (Wildman–Crippen LogP) is 5.60. The molecule has 2 saturated carbocycles. The lowest BCUT2D eigenvalue weighted by atomic mass is 9.67. The van der Waals surface area contributed by atoms with Crippen LogP contribution in [-0.2, 0) is 6.42 Å². The van der Waals surface area contributed by atoms with Gasteiger partial charge < -0.3 is 10.2 Å². The lowest BCUT2D eigenvalue weighted by molar-refractivity contribution is 0.176. The van der Waals surface area contributed by atoms with Crippen molar-refractivity contribution >= 4 is 6.03 Å². The molecule has 2 fully saturated rings. The maximum atomic E-state index is 12.6. The average Bonchev–Trinajstić information content (AvgIpc) is 2.70. The zero-order valence-corrected chi connectivity index (χ0v) is 18.4. The van der Waals surface area contributed by atoms with Crippen LogP contribution in [0.2, 0.25) is 0 Å². The molecule has 0 spiro atoms. The first kappa shape index (κ1) is 21.9. The molecule has 2 unspecified atom stereocenters. The first-order valence-electron chi connectivity index (χ1n) is 11.7. The van der Waals surface area contributed by atoms with Crippen LogP contribution < -0.4 is 5.32 Å². The highest BCUT2D eigenvalue weighted by Crippen LogP contribution is 2.44. The van der Waals surface area contributed by atoms with E-state index in [2.05, 4.69) is 30.2 Å². The van der Waals surface area contributed by atoms with Gasteiger partial charge in [-0.05, 0) is 93.2 Å². The molecule has 2 atom stereocenters. The molecule has 4 heteroatoms. The van der Waals surface area contributed by atoms with E-state index in [0.29, 0.717) is 0 Å². The van der Waals surface area contributed by atoms with Gasteiger partial charge in [0.2, 0.25) is 0 Å². The molecule has 3 rings (SSSR count). The average molecular weight is 398 g/mol. The van der Waals surface area contributed by atoms with E-state index in [9.17, 15) is 4.79 Å². The molecule has 2 amide bonds. The summed E-state index contributed by atoms with van der Waals surface area (Å²) in [5, 5.41) is 3.11. The Bertz CT molecular complexity index is 637. The molecule has 29 heavy (non-hydrogen) atoms. The third-order valence-electron chi connectivity index (χ3n) is 6.52. The number of hydrogen-bond acceptors (Lipinski definition) is 2. The number of fused-ring (bicyclic) bond motifs is 2. The Morgan fingerprint density at radius 3 is 2.59 bits per heavy atom. The Labute approximate surface area is 177 Å². The highest BCUT2D eigenvalue weighted by atomic mass is 16.2. The third kappa shape index (κ3) is 7.17. The van der Waals surface area contributed by atoms with Crippen molar-refractivity contribution in [2.24, 2.45) is 17.8 Å². The Morgan fingerprint density at radius 2 is 1.90 bits per heavy atom. The van der Waals surface area contributed by atoms with Crippen LogP contribution in [0.1, 0.15) is 70.8 Å². The molecule has 1 aromatic rings. The third-order valence-corrected chi connectivity index (χ3v) is 6.52. The number of carbonyl (C=O) groups excluding carboxylic acids is 1. The minimum Gasteiger partial charge on any atom is -0.338 e. The van der Waals surface area contributed by atoms with Crippen LogP contribution in [0.25, 0.3) is 0 Å². The molecule has 2 aliphatic rings. The lowest BCUT2D eigenvalue weighted by Crippen LogP contribution is -2.41. The van der Waals surface area contributed by atoms with E-state index in [1.54, 1.807) is 5.57 Å². The fraction of sp³-hybridized carbons (Fsp3) is 0.680. The van der Waals surface area contributed by atoms with Crippen molar-refractivity contribution in [3.63, 3.8) is 0 Å². The Balaban J connectivity index is 1.39. The van der Waals surface area contributed by atoms with Gasteiger partial charge in [0.25, 0.3) is 0 Å². The Hall–Kier alpha value is -1.84. The van der Waals surface area contributed by atoms with Crippen LogP contribution in [0.5, 0.6) is 0 Å². The number of urea groups is 1. The summed E-state index contributed by atoms with van der Waals surface area (Å²) in [6.45, 7) is 6.96. The fourth-order valence-electron chi connectivity index (χ4n) is 5.38. The van der Waals surface area contributed by atoms with E-state index < -0.39 is 0 Å². The predicted molar refractivity (Wildman–Crippen MR) is 120 cm³/mol. The van der Waals surface area contributed by atoms with E-state index in [1.807, 2.05) is 29.4 Å². The zero-order chi connectivity index (χ0) is 20.5. The molecule has 0 saturated heterocycles. The summed E-state index contributed by atoms with van der Waals surface area (Å²) in [7, 11) is 0. The zero-order valence-electron chi connectivity index (χ0n) is 18.4. The van der Waals surface area contributed by atoms with Crippen molar-refractivity contribution in [3.8, 4) is 0 Å². The monoisotopic (exact) mass is 397 g/mol. The minimum absolute atomic E-state index is 0.0920. The number of aromatic nitrogens is 1. The maximum Gasteiger partial charge on any atom is 0.317 e. The first-order chi connectivity index (χ1) is 14.1. The van der Waals surface area contributed by atoms with E-state index in [4.69, 9.17) is 0 Å². The summed E-state index contributed by atoms with van der Waals surface area (Å²) >= 11 is 0. The standard InChI is InChI=1S/C25H39N3O/c1-3-13-28(25(29)27-10-4-6-21-8-11-26-12-9-21)14-5-7-22-17-23-15-20(2)16-24(18-22)19-23/h7-9,11-12,20,23-24H,3-6,10,13-19H2,1-2H3,(H,27,29). The quantitative estimate of drug-likeness (QED) is 0.435. The van der Waals surface area contributed by atoms with Crippen molar-refractivity contribution in [1.29, 1.82) is 0 Å². The number of amides is 2. The van der Waals surface area contributed by atoms with Crippen LogP contribution in [0.15, 0.2) is 36.2 Å². The highest BCUT2D eigenvalue weighted by Gasteiger charge is 2.31. The van der Waals surface area contributed by atoms with Gasteiger partial charge in [0.15, 0.2) is 0 Å². The second kappa shape index (κ2) is 11.4. The molecular weight excluding hydrogens is 358 g/mol. The molecule has 0 aromatic carbocycles. The van der Waals surface area contributed by atoms with Crippen molar-refractivity contribution in [1.82, 2.24) is 15.2 Å². The molecule has 1 heterocycles. The van der Waals surface area contributed by atoms with Gasteiger partial charge in [0, 0.05) is 32.0 Å². The van der Waals surface area contributed by atoms with E-state index in [1.165, 1.54) is 37.7 Å². The van der Waals surface area contributed by atoms with Gasteiger partial charge in [0.1, 0.15) is 0 Å². The van der Waals surface area contributed by atoms with E-state index in [-0.39, 0.29) is 6.03 Å². The molecule has 1 aromatic heterocycles. The number of nitrogens with one attached hydrogen (secondary N) is 1. The summed E-state index contributed by atoms with van der Waals surface area (Å²) in [5.41, 5.74) is 2.94. The van der Waals surface area contributed by atoms with Gasteiger partial charge in [-0.2, -0.15) is 0 Å². The van der Waals surface area contributed by atoms with Crippen LogP contribution in [0, 0.1) is 17.8 Å². The van der Waals surface area contributed by atoms with Crippen LogP contribution in [0.3, 0.4) is 0 Å². The molecule has 0 aliphatic heterocycles. The normalized spacial score (nSPS) is 23.5. The van der Waals surface area contributed by atoms with Gasteiger partial charge in [-0.3, -0.25) is 4.98 Å². The van der Waals surface area contributed by atoms with Crippen molar-refractivity contribution in [2.45, 2.75) is 71.6 Å².